The quantitative estimate of drug-likeness (QED) is 0.711. The second-order valence-electron chi connectivity index (χ2n) is 3.68. The zero-order chi connectivity index (χ0) is 10.6. The molecule has 4 unspecified atom stereocenters. The van der Waals surface area contributed by atoms with E-state index < -0.39 is 12.3 Å². The predicted octanol–water partition coefficient (Wildman–Crippen LogP) is 1.64. The monoisotopic (exact) mass is 206 g/mol. The van der Waals surface area contributed by atoms with E-state index in [0.717, 1.165) is 0 Å². The maximum absolute atomic E-state index is 13.1. The molecule has 4 atom stereocenters. The third kappa shape index (κ3) is 3.52. The molecule has 0 aromatic heterocycles. The molecule has 1 rings (SSSR count). The third-order valence-electron chi connectivity index (χ3n) is 2.48. The first-order chi connectivity index (χ1) is 6.63. The van der Waals surface area contributed by atoms with E-state index in [4.69, 9.17) is 9.47 Å². The Morgan fingerprint density at radius 3 is 2.79 bits per heavy atom. The van der Waals surface area contributed by atoms with E-state index in [2.05, 4.69) is 0 Å². The molecule has 84 valence electrons. The minimum Gasteiger partial charge on any atom is -0.390 e. The molecule has 0 amide bonds. The summed E-state index contributed by atoms with van der Waals surface area (Å²) in [5.41, 5.74) is 0. The summed E-state index contributed by atoms with van der Waals surface area (Å²) in [7, 11) is 0. The first kappa shape index (κ1) is 11.9. The van der Waals surface area contributed by atoms with Gasteiger partial charge in [0, 0.05) is 13.0 Å². The van der Waals surface area contributed by atoms with Crippen LogP contribution in [0.4, 0.5) is 4.39 Å². The molecule has 14 heavy (non-hydrogen) atoms. The van der Waals surface area contributed by atoms with Crippen LogP contribution in [0.5, 0.6) is 0 Å². The van der Waals surface area contributed by atoms with Crippen LogP contribution >= 0.6 is 0 Å². The van der Waals surface area contributed by atoms with E-state index in [1.807, 2.05) is 13.8 Å². The number of ether oxygens (including phenoxy) is 2. The minimum absolute atomic E-state index is 0.116. The molecule has 0 heterocycles. The zero-order valence-corrected chi connectivity index (χ0v) is 8.78. The van der Waals surface area contributed by atoms with Gasteiger partial charge in [-0.3, -0.25) is 0 Å². The van der Waals surface area contributed by atoms with Gasteiger partial charge in [-0.1, -0.05) is 0 Å². The molecular formula is C10H19FO3. The summed E-state index contributed by atoms with van der Waals surface area (Å²) in [5, 5.41) is 9.17. The molecule has 0 bridgehead atoms. The predicted molar refractivity (Wildman–Crippen MR) is 50.7 cm³/mol. The van der Waals surface area contributed by atoms with Gasteiger partial charge in [-0.15, -0.1) is 0 Å². The number of rotatable bonds is 4. The Labute approximate surface area is 84.2 Å². The summed E-state index contributed by atoms with van der Waals surface area (Å²) in [6.07, 6.45) is -0.898. The molecule has 1 aliphatic rings. The van der Waals surface area contributed by atoms with Gasteiger partial charge in [0.1, 0.15) is 6.17 Å². The van der Waals surface area contributed by atoms with Crippen molar-refractivity contribution >= 4 is 0 Å². The number of alkyl halides is 1. The van der Waals surface area contributed by atoms with Crippen molar-refractivity contribution in [2.75, 3.05) is 6.61 Å². The lowest BCUT2D eigenvalue weighted by atomic mass is 9.93. The number of halogens is 1. The molecule has 3 nitrogen and oxygen atoms in total. The highest BCUT2D eigenvalue weighted by Crippen LogP contribution is 2.24. The van der Waals surface area contributed by atoms with Crippen molar-refractivity contribution < 1.29 is 19.0 Å². The molecule has 1 aliphatic carbocycles. The molecule has 4 heteroatoms. The van der Waals surface area contributed by atoms with Crippen LogP contribution in [0, 0.1) is 0 Å². The number of hydrogen-bond donors (Lipinski definition) is 1. The van der Waals surface area contributed by atoms with Crippen LogP contribution in [0.25, 0.3) is 0 Å². The van der Waals surface area contributed by atoms with Gasteiger partial charge < -0.3 is 14.6 Å². The third-order valence-corrected chi connectivity index (χ3v) is 2.48. The fraction of sp³-hybridized carbons (Fsp3) is 1.00. The van der Waals surface area contributed by atoms with E-state index >= 15 is 0 Å². The van der Waals surface area contributed by atoms with Crippen molar-refractivity contribution in [1.82, 2.24) is 0 Å². The lowest BCUT2D eigenvalue weighted by Gasteiger charge is -2.30. The van der Waals surface area contributed by atoms with Crippen LogP contribution in [0.3, 0.4) is 0 Å². The highest BCUT2D eigenvalue weighted by molar-refractivity contribution is 4.80. The second-order valence-corrected chi connectivity index (χ2v) is 3.68. The van der Waals surface area contributed by atoms with Gasteiger partial charge in [0.25, 0.3) is 0 Å². The van der Waals surface area contributed by atoms with Crippen LogP contribution in [-0.4, -0.2) is 36.4 Å². The second kappa shape index (κ2) is 5.63. The van der Waals surface area contributed by atoms with Crippen LogP contribution in [-0.2, 0) is 9.47 Å². The fourth-order valence-electron chi connectivity index (χ4n) is 1.73. The Morgan fingerprint density at radius 1 is 1.50 bits per heavy atom. The number of aliphatic hydroxyl groups excluding tert-OH is 1. The number of hydrogen-bond acceptors (Lipinski definition) is 3. The molecular weight excluding hydrogens is 187 g/mol. The summed E-state index contributed by atoms with van der Waals surface area (Å²) < 4.78 is 23.8. The lowest BCUT2D eigenvalue weighted by Crippen LogP contribution is -2.36. The normalized spacial score (nSPS) is 35.6. The summed E-state index contributed by atoms with van der Waals surface area (Å²) in [6.45, 7) is 4.29. The van der Waals surface area contributed by atoms with Gasteiger partial charge in [-0.05, 0) is 26.7 Å². The molecule has 1 saturated carbocycles. The molecule has 0 radical (unpaired) electrons. The largest absolute Gasteiger partial charge is 0.390 e. The minimum atomic E-state index is -1.15. The van der Waals surface area contributed by atoms with Crippen molar-refractivity contribution in [1.29, 1.82) is 0 Å². The standard InChI is InChI=1S/C10H19FO3/c1-3-13-7(2)14-8-4-5-10(12)9(11)6-8/h7-10,12H,3-6H2,1-2H3. The molecule has 0 aromatic rings. The average Bonchev–Trinajstić information content (AvgIpc) is 2.12. The van der Waals surface area contributed by atoms with Crippen molar-refractivity contribution in [3.63, 3.8) is 0 Å². The molecule has 1 N–H and O–H groups in total. The smallest absolute Gasteiger partial charge is 0.155 e. The summed E-state index contributed by atoms with van der Waals surface area (Å²) in [4.78, 5) is 0. The average molecular weight is 206 g/mol. The fourth-order valence-corrected chi connectivity index (χ4v) is 1.73. The summed E-state index contributed by atoms with van der Waals surface area (Å²) in [5.74, 6) is 0. The molecule has 1 fully saturated rings. The maximum Gasteiger partial charge on any atom is 0.155 e. The van der Waals surface area contributed by atoms with Crippen molar-refractivity contribution in [3.05, 3.63) is 0 Å². The first-order valence-electron chi connectivity index (χ1n) is 5.22. The van der Waals surface area contributed by atoms with E-state index in [-0.39, 0.29) is 18.8 Å². The maximum atomic E-state index is 13.1. The SMILES string of the molecule is CCOC(C)OC1CCC(O)C(F)C1. The van der Waals surface area contributed by atoms with Gasteiger partial charge in [-0.2, -0.15) is 0 Å². The van der Waals surface area contributed by atoms with Crippen LogP contribution in [0.1, 0.15) is 33.1 Å². The molecule has 0 spiro atoms. The summed E-state index contributed by atoms with van der Waals surface area (Å²) in [6, 6.07) is 0. The Morgan fingerprint density at radius 2 is 2.21 bits per heavy atom. The Kier molecular flexibility index (Phi) is 4.78. The molecule has 0 aliphatic heterocycles. The van der Waals surface area contributed by atoms with Gasteiger partial charge in [-0.25, -0.2) is 4.39 Å². The van der Waals surface area contributed by atoms with Crippen molar-refractivity contribution in [2.45, 2.75) is 57.8 Å². The van der Waals surface area contributed by atoms with E-state index in [9.17, 15) is 9.50 Å². The topological polar surface area (TPSA) is 38.7 Å². The van der Waals surface area contributed by atoms with Gasteiger partial charge >= 0.3 is 0 Å². The zero-order valence-electron chi connectivity index (χ0n) is 8.78. The highest BCUT2D eigenvalue weighted by Gasteiger charge is 2.30. The van der Waals surface area contributed by atoms with E-state index in [0.29, 0.717) is 19.4 Å². The van der Waals surface area contributed by atoms with Crippen LogP contribution < -0.4 is 0 Å². The van der Waals surface area contributed by atoms with Gasteiger partial charge in [0.2, 0.25) is 0 Å². The number of aliphatic hydroxyl groups is 1. The Bertz CT molecular complexity index is 165. The Hall–Kier alpha value is -0.190. The lowest BCUT2D eigenvalue weighted by molar-refractivity contribution is -0.174. The van der Waals surface area contributed by atoms with Crippen molar-refractivity contribution in [3.8, 4) is 0 Å². The van der Waals surface area contributed by atoms with Gasteiger partial charge in [0.15, 0.2) is 6.29 Å². The van der Waals surface area contributed by atoms with Crippen LogP contribution in [0.15, 0.2) is 0 Å². The molecule has 0 aromatic carbocycles. The van der Waals surface area contributed by atoms with Gasteiger partial charge in [0.05, 0.1) is 12.2 Å². The summed E-state index contributed by atoms with van der Waals surface area (Å²) >= 11 is 0. The van der Waals surface area contributed by atoms with Crippen LogP contribution in [0.2, 0.25) is 0 Å². The Balaban J connectivity index is 2.25. The molecule has 0 saturated heterocycles. The highest BCUT2D eigenvalue weighted by atomic mass is 19.1. The van der Waals surface area contributed by atoms with Crippen molar-refractivity contribution in [2.24, 2.45) is 0 Å². The first-order valence-corrected chi connectivity index (χ1v) is 5.22. The van der Waals surface area contributed by atoms with E-state index in [1.165, 1.54) is 0 Å². The van der Waals surface area contributed by atoms with E-state index in [1.54, 1.807) is 0 Å².